The number of hydrogen-bond donors (Lipinski definition) is 1. The van der Waals surface area contributed by atoms with Gasteiger partial charge in [0.25, 0.3) is 0 Å². The fraction of sp³-hybridized carbons (Fsp3) is 0.615. The number of halogens is 1. The van der Waals surface area contributed by atoms with Crippen LogP contribution < -0.4 is 5.32 Å². The van der Waals surface area contributed by atoms with Crippen LogP contribution in [0.2, 0.25) is 5.02 Å². The van der Waals surface area contributed by atoms with E-state index >= 15 is 0 Å². The van der Waals surface area contributed by atoms with Crippen LogP contribution in [-0.2, 0) is 16.1 Å². The molecular formula is C13H21ClN2O2. The lowest BCUT2D eigenvalue weighted by molar-refractivity contribution is -0.0128. The van der Waals surface area contributed by atoms with Crippen LogP contribution >= 0.6 is 11.6 Å². The topological polar surface area (TPSA) is 43.4 Å². The van der Waals surface area contributed by atoms with Crippen molar-refractivity contribution in [3.05, 3.63) is 22.8 Å². The average molecular weight is 273 g/mol. The van der Waals surface area contributed by atoms with Gasteiger partial charge < -0.3 is 14.8 Å². The summed E-state index contributed by atoms with van der Waals surface area (Å²) in [6.45, 7) is 5.09. The molecule has 0 fully saturated rings. The van der Waals surface area contributed by atoms with Crippen LogP contribution in [0, 0.1) is 0 Å². The Morgan fingerprint density at radius 3 is 2.72 bits per heavy atom. The Morgan fingerprint density at radius 2 is 2.11 bits per heavy atom. The molecule has 0 aliphatic carbocycles. The van der Waals surface area contributed by atoms with Crippen molar-refractivity contribution in [2.45, 2.75) is 32.5 Å². The molecule has 1 aromatic rings. The molecule has 0 aliphatic heterocycles. The molecule has 0 bridgehead atoms. The Kier molecular flexibility index (Phi) is 5.85. The molecular weight excluding hydrogens is 252 g/mol. The highest BCUT2D eigenvalue weighted by Gasteiger charge is 2.15. The smallest absolute Gasteiger partial charge is 0.126 e. The predicted octanol–water partition coefficient (Wildman–Crippen LogP) is 3.11. The third kappa shape index (κ3) is 4.80. The molecule has 5 heteroatoms. The molecule has 0 saturated heterocycles. The zero-order chi connectivity index (χ0) is 13.6. The molecule has 0 spiro atoms. The Labute approximate surface area is 114 Å². The van der Waals surface area contributed by atoms with Crippen molar-refractivity contribution in [2.24, 2.45) is 0 Å². The summed E-state index contributed by atoms with van der Waals surface area (Å²) in [4.78, 5) is 4.35. The fourth-order valence-electron chi connectivity index (χ4n) is 1.31. The Balaban J connectivity index is 2.44. The first kappa shape index (κ1) is 15.2. The van der Waals surface area contributed by atoms with E-state index in [0.717, 1.165) is 17.9 Å². The molecule has 1 heterocycles. The second-order valence-electron chi connectivity index (χ2n) is 4.64. The number of aromatic nitrogens is 1. The first-order chi connectivity index (χ1) is 8.48. The highest BCUT2D eigenvalue weighted by molar-refractivity contribution is 6.31. The summed E-state index contributed by atoms with van der Waals surface area (Å²) >= 11 is 6.05. The van der Waals surface area contributed by atoms with E-state index in [4.69, 9.17) is 21.1 Å². The quantitative estimate of drug-likeness (QED) is 0.775. The number of nitrogens with one attached hydrogen (secondary N) is 1. The lowest BCUT2D eigenvalue weighted by Crippen LogP contribution is -2.24. The molecule has 0 aliphatic rings. The molecule has 102 valence electrons. The van der Waals surface area contributed by atoms with Crippen molar-refractivity contribution in [1.82, 2.24) is 4.98 Å². The molecule has 0 atom stereocenters. The van der Waals surface area contributed by atoms with Crippen molar-refractivity contribution in [2.75, 3.05) is 26.1 Å². The van der Waals surface area contributed by atoms with Crippen LogP contribution in [0.25, 0.3) is 0 Å². The maximum Gasteiger partial charge on any atom is 0.126 e. The lowest BCUT2D eigenvalue weighted by Gasteiger charge is -2.22. The summed E-state index contributed by atoms with van der Waals surface area (Å²) in [7, 11) is 3.52. The molecule has 1 aromatic heterocycles. The van der Waals surface area contributed by atoms with Crippen molar-refractivity contribution < 1.29 is 9.47 Å². The molecule has 0 unspecified atom stereocenters. The number of pyridine rings is 1. The van der Waals surface area contributed by atoms with E-state index in [1.165, 1.54) is 0 Å². The Morgan fingerprint density at radius 1 is 1.39 bits per heavy atom. The van der Waals surface area contributed by atoms with Gasteiger partial charge >= 0.3 is 0 Å². The van der Waals surface area contributed by atoms with Gasteiger partial charge in [-0.2, -0.15) is 0 Å². The number of hydrogen-bond acceptors (Lipinski definition) is 4. The summed E-state index contributed by atoms with van der Waals surface area (Å²) in [5, 5.41) is 3.60. The van der Waals surface area contributed by atoms with E-state index in [-0.39, 0.29) is 5.60 Å². The number of anilines is 1. The van der Waals surface area contributed by atoms with Crippen LogP contribution in [0.4, 0.5) is 5.82 Å². The second-order valence-corrected chi connectivity index (χ2v) is 5.05. The zero-order valence-electron chi connectivity index (χ0n) is 11.4. The first-order valence-corrected chi connectivity index (χ1v) is 6.32. The highest BCUT2D eigenvalue weighted by atomic mass is 35.5. The van der Waals surface area contributed by atoms with Crippen LogP contribution in [0.1, 0.15) is 26.0 Å². The summed E-state index contributed by atoms with van der Waals surface area (Å²) < 4.78 is 10.9. The minimum atomic E-state index is -0.163. The van der Waals surface area contributed by atoms with Gasteiger partial charge in [0.05, 0.1) is 22.9 Å². The van der Waals surface area contributed by atoms with Crippen LogP contribution in [0.5, 0.6) is 0 Å². The van der Waals surface area contributed by atoms with Crippen molar-refractivity contribution in [3.8, 4) is 0 Å². The number of methoxy groups -OCH3 is 1. The van der Waals surface area contributed by atoms with Crippen LogP contribution in [-0.4, -0.2) is 31.3 Å². The van der Waals surface area contributed by atoms with Crippen molar-refractivity contribution in [3.63, 3.8) is 0 Å². The largest absolute Gasteiger partial charge is 0.379 e. The van der Waals surface area contributed by atoms with E-state index < -0.39 is 0 Å². The van der Waals surface area contributed by atoms with Gasteiger partial charge in [-0.1, -0.05) is 11.6 Å². The summed E-state index contributed by atoms with van der Waals surface area (Å²) in [5.74, 6) is 0.787. The molecule has 0 amide bonds. The van der Waals surface area contributed by atoms with E-state index in [9.17, 15) is 0 Å². The normalized spacial score (nSPS) is 11.6. The predicted molar refractivity (Wildman–Crippen MR) is 74.2 cm³/mol. The first-order valence-electron chi connectivity index (χ1n) is 5.94. The van der Waals surface area contributed by atoms with Crippen LogP contribution in [0.15, 0.2) is 12.1 Å². The Bertz CT molecular complexity index is 383. The number of rotatable bonds is 7. The van der Waals surface area contributed by atoms with Gasteiger partial charge in [0.1, 0.15) is 5.82 Å². The molecule has 18 heavy (non-hydrogen) atoms. The minimum absolute atomic E-state index is 0.163. The third-order valence-electron chi connectivity index (χ3n) is 2.81. The molecule has 0 saturated carbocycles. The van der Waals surface area contributed by atoms with Gasteiger partial charge in [0, 0.05) is 20.8 Å². The van der Waals surface area contributed by atoms with E-state index in [1.54, 1.807) is 7.11 Å². The summed E-state index contributed by atoms with van der Waals surface area (Å²) in [5.41, 5.74) is 0.586. The molecule has 0 radical (unpaired) electrons. The minimum Gasteiger partial charge on any atom is -0.379 e. The summed E-state index contributed by atoms with van der Waals surface area (Å²) in [6, 6.07) is 3.65. The fourth-order valence-corrected chi connectivity index (χ4v) is 1.47. The average Bonchev–Trinajstić information content (AvgIpc) is 2.36. The SMILES string of the molecule is CNc1ccc(Cl)c(COCCC(C)(C)OC)n1. The van der Waals surface area contributed by atoms with E-state index in [1.807, 2.05) is 33.0 Å². The Hall–Kier alpha value is -0.840. The maximum atomic E-state index is 6.05. The standard InChI is InChI=1S/C13H21ClN2O2/c1-13(2,17-4)7-8-18-9-11-10(14)5-6-12(15-3)16-11/h5-6H,7-9H2,1-4H3,(H,15,16). The van der Waals surface area contributed by atoms with Crippen molar-refractivity contribution >= 4 is 17.4 Å². The molecule has 1 rings (SSSR count). The highest BCUT2D eigenvalue weighted by Crippen LogP contribution is 2.18. The zero-order valence-corrected chi connectivity index (χ0v) is 12.2. The third-order valence-corrected chi connectivity index (χ3v) is 3.16. The molecule has 0 aromatic carbocycles. The van der Waals surface area contributed by atoms with Gasteiger partial charge in [-0.15, -0.1) is 0 Å². The summed E-state index contributed by atoms with van der Waals surface area (Å²) in [6.07, 6.45) is 0.826. The van der Waals surface area contributed by atoms with E-state index in [2.05, 4.69) is 10.3 Å². The molecule has 4 nitrogen and oxygen atoms in total. The van der Waals surface area contributed by atoms with Gasteiger partial charge in [0.15, 0.2) is 0 Å². The van der Waals surface area contributed by atoms with Crippen molar-refractivity contribution in [1.29, 1.82) is 0 Å². The molecule has 1 N–H and O–H groups in total. The number of ether oxygens (including phenoxy) is 2. The van der Waals surface area contributed by atoms with Gasteiger partial charge in [0.2, 0.25) is 0 Å². The van der Waals surface area contributed by atoms with E-state index in [0.29, 0.717) is 18.2 Å². The second kappa shape index (κ2) is 6.92. The number of nitrogens with zero attached hydrogens (tertiary/aromatic N) is 1. The monoisotopic (exact) mass is 272 g/mol. The maximum absolute atomic E-state index is 6.05. The van der Waals surface area contributed by atoms with Gasteiger partial charge in [-0.3, -0.25) is 0 Å². The van der Waals surface area contributed by atoms with Crippen LogP contribution in [0.3, 0.4) is 0 Å². The van der Waals surface area contributed by atoms with Gasteiger partial charge in [-0.05, 0) is 32.4 Å². The lowest BCUT2D eigenvalue weighted by atomic mass is 10.1. The van der Waals surface area contributed by atoms with Gasteiger partial charge in [-0.25, -0.2) is 4.98 Å².